The van der Waals surface area contributed by atoms with E-state index in [4.69, 9.17) is 0 Å². The number of nitrogens with one attached hydrogen (secondary N) is 1. The molecule has 19 heavy (non-hydrogen) atoms. The standard InChI is InChI=1S/C14H10F3NO/c15-14(16,17)13(19)8-5-6-12-10(7-8)9-3-1-2-4-11(9)18-12/h1-7,13,18-19H. The van der Waals surface area contributed by atoms with Gasteiger partial charge in [0.05, 0.1) is 0 Å². The topological polar surface area (TPSA) is 36.0 Å². The van der Waals surface area contributed by atoms with Crippen LogP contribution in [0.4, 0.5) is 13.2 Å². The molecular formula is C14H10F3NO. The number of aliphatic hydroxyl groups excluding tert-OH is 1. The van der Waals surface area contributed by atoms with Crippen LogP contribution in [0, 0.1) is 0 Å². The third-order valence-corrected chi connectivity index (χ3v) is 3.16. The normalized spacial score (nSPS) is 14.1. The summed E-state index contributed by atoms with van der Waals surface area (Å²) in [5, 5.41) is 10.8. The molecule has 1 heterocycles. The highest BCUT2D eigenvalue weighted by Crippen LogP contribution is 2.35. The Labute approximate surface area is 106 Å². The number of aromatic nitrogens is 1. The lowest BCUT2D eigenvalue weighted by atomic mass is 10.1. The minimum Gasteiger partial charge on any atom is -0.379 e. The Morgan fingerprint density at radius 2 is 1.63 bits per heavy atom. The number of alkyl halides is 3. The fourth-order valence-corrected chi connectivity index (χ4v) is 2.22. The number of aromatic amines is 1. The van der Waals surface area contributed by atoms with Gasteiger partial charge in [0, 0.05) is 21.8 Å². The van der Waals surface area contributed by atoms with Gasteiger partial charge in [0.25, 0.3) is 0 Å². The Morgan fingerprint density at radius 1 is 0.947 bits per heavy atom. The van der Waals surface area contributed by atoms with Gasteiger partial charge in [-0.05, 0) is 23.8 Å². The Hall–Kier alpha value is -2.01. The van der Waals surface area contributed by atoms with Gasteiger partial charge in [0.2, 0.25) is 0 Å². The van der Waals surface area contributed by atoms with Crippen LogP contribution in [-0.4, -0.2) is 16.3 Å². The summed E-state index contributed by atoms with van der Waals surface area (Å²) in [5.41, 5.74) is 1.46. The Balaban J connectivity index is 2.22. The van der Waals surface area contributed by atoms with Crippen molar-refractivity contribution in [2.24, 2.45) is 0 Å². The van der Waals surface area contributed by atoms with E-state index in [1.807, 2.05) is 24.3 Å². The van der Waals surface area contributed by atoms with Crippen LogP contribution >= 0.6 is 0 Å². The molecule has 0 bridgehead atoms. The van der Waals surface area contributed by atoms with Gasteiger partial charge in [-0.1, -0.05) is 24.3 Å². The van der Waals surface area contributed by atoms with Gasteiger partial charge in [0.1, 0.15) is 0 Å². The first kappa shape index (κ1) is 12.0. The van der Waals surface area contributed by atoms with E-state index in [1.165, 1.54) is 12.1 Å². The number of rotatable bonds is 1. The van der Waals surface area contributed by atoms with E-state index in [9.17, 15) is 18.3 Å². The van der Waals surface area contributed by atoms with Crippen molar-refractivity contribution in [3.63, 3.8) is 0 Å². The maximum atomic E-state index is 12.5. The Morgan fingerprint density at radius 3 is 2.37 bits per heavy atom. The van der Waals surface area contributed by atoms with Gasteiger partial charge < -0.3 is 10.1 Å². The molecule has 2 N–H and O–H groups in total. The van der Waals surface area contributed by atoms with E-state index >= 15 is 0 Å². The maximum absolute atomic E-state index is 12.5. The predicted octanol–water partition coefficient (Wildman–Crippen LogP) is 3.92. The van der Waals surface area contributed by atoms with E-state index in [0.717, 1.165) is 16.4 Å². The van der Waals surface area contributed by atoms with Gasteiger partial charge in [-0.25, -0.2) is 0 Å². The molecule has 2 aromatic carbocycles. The zero-order valence-electron chi connectivity index (χ0n) is 9.70. The molecule has 0 fully saturated rings. The molecule has 5 heteroatoms. The molecule has 0 saturated heterocycles. The molecule has 98 valence electrons. The molecule has 0 aliphatic rings. The minimum absolute atomic E-state index is 0.148. The van der Waals surface area contributed by atoms with E-state index in [0.29, 0.717) is 5.39 Å². The number of hydrogen-bond donors (Lipinski definition) is 2. The molecule has 0 saturated carbocycles. The van der Waals surface area contributed by atoms with E-state index < -0.39 is 12.3 Å². The van der Waals surface area contributed by atoms with Gasteiger partial charge in [0.15, 0.2) is 6.10 Å². The van der Waals surface area contributed by atoms with Crippen molar-refractivity contribution in [1.82, 2.24) is 4.98 Å². The van der Waals surface area contributed by atoms with Crippen LogP contribution < -0.4 is 0 Å². The zero-order valence-corrected chi connectivity index (χ0v) is 9.70. The largest absolute Gasteiger partial charge is 0.418 e. The fraction of sp³-hybridized carbons (Fsp3) is 0.143. The van der Waals surface area contributed by atoms with Crippen LogP contribution in [0.3, 0.4) is 0 Å². The first-order chi connectivity index (χ1) is 8.97. The van der Waals surface area contributed by atoms with Gasteiger partial charge in [-0.15, -0.1) is 0 Å². The lowest BCUT2D eigenvalue weighted by molar-refractivity contribution is -0.206. The first-order valence-corrected chi connectivity index (χ1v) is 5.72. The minimum atomic E-state index is -4.65. The average molecular weight is 265 g/mol. The summed E-state index contributed by atoms with van der Waals surface area (Å²) in [6.07, 6.45) is -7.11. The number of aliphatic hydroxyl groups is 1. The van der Waals surface area contributed by atoms with Crippen molar-refractivity contribution in [2.45, 2.75) is 12.3 Å². The lowest BCUT2D eigenvalue weighted by Crippen LogP contribution is -2.19. The zero-order chi connectivity index (χ0) is 13.6. The van der Waals surface area contributed by atoms with Crippen molar-refractivity contribution < 1.29 is 18.3 Å². The van der Waals surface area contributed by atoms with Crippen LogP contribution in [0.5, 0.6) is 0 Å². The molecule has 0 spiro atoms. The number of hydrogen-bond acceptors (Lipinski definition) is 1. The van der Waals surface area contributed by atoms with Crippen molar-refractivity contribution >= 4 is 21.8 Å². The molecule has 1 atom stereocenters. The van der Waals surface area contributed by atoms with Crippen molar-refractivity contribution in [2.75, 3.05) is 0 Å². The summed E-state index contributed by atoms with van der Waals surface area (Å²) in [6.45, 7) is 0. The molecule has 0 amide bonds. The monoisotopic (exact) mass is 265 g/mol. The number of fused-ring (bicyclic) bond motifs is 3. The summed E-state index contributed by atoms with van der Waals surface area (Å²) in [5.74, 6) is 0. The van der Waals surface area contributed by atoms with Crippen LogP contribution in [-0.2, 0) is 0 Å². The second-order valence-electron chi connectivity index (χ2n) is 4.42. The average Bonchev–Trinajstić information content (AvgIpc) is 2.74. The fourth-order valence-electron chi connectivity index (χ4n) is 2.22. The molecule has 0 aliphatic heterocycles. The molecule has 3 rings (SSSR count). The number of halogens is 3. The van der Waals surface area contributed by atoms with Gasteiger partial charge >= 0.3 is 6.18 Å². The SMILES string of the molecule is OC(c1ccc2[nH]c3ccccc3c2c1)C(F)(F)F. The highest BCUT2D eigenvalue weighted by Gasteiger charge is 2.39. The first-order valence-electron chi connectivity index (χ1n) is 5.72. The molecule has 0 aliphatic carbocycles. The molecule has 3 aromatic rings. The Bertz CT molecular complexity index is 745. The van der Waals surface area contributed by atoms with Gasteiger partial charge in [-0.3, -0.25) is 0 Å². The second kappa shape index (κ2) is 3.99. The maximum Gasteiger partial charge on any atom is 0.418 e. The molecule has 2 nitrogen and oxygen atoms in total. The van der Waals surface area contributed by atoms with Crippen LogP contribution in [0.15, 0.2) is 42.5 Å². The lowest BCUT2D eigenvalue weighted by Gasteiger charge is -2.14. The number of para-hydroxylation sites is 1. The highest BCUT2D eigenvalue weighted by molar-refractivity contribution is 6.07. The summed E-state index contributed by atoms with van der Waals surface area (Å²) in [6, 6.07) is 11.6. The quantitative estimate of drug-likeness (QED) is 0.687. The molecule has 1 unspecified atom stereocenters. The van der Waals surface area contributed by atoms with E-state index in [2.05, 4.69) is 4.98 Å². The van der Waals surface area contributed by atoms with Crippen molar-refractivity contribution in [1.29, 1.82) is 0 Å². The summed E-state index contributed by atoms with van der Waals surface area (Å²) < 4.78 is 37.6. The molecular weight excluding hydrogens is 255 g/mol. The second-order valence-corrected chi connectivity index (χ2v) is 4.42. The van der Waals surface area contributed by atoms with Gasteiger partial charge in [-0.2, -0.15) is 13.2 Å². The van der Waals surface area contributed by atoms with Crippen molar-refractivity contribution in [3.05, 3.63) is 48.0 Å². The summed E-state index contributed by atoms with van der Waals surface area (Å²) >= 11 is 0. The van der Waals surface area contributed by atoms with Crippen molar-refractivity contribution in [3.8, 4) is 0 Å². The Kier molecular flexibility index (Phi) is 2.53. The third-order valence-electron chi connectivity index (χ3n) is 3.16. The van der Waals surface area contributed by atoms with Crippen LogP contribution in [0.25, 0.3) is 21.8 Å². The number of benzene rings is 2. The third kappa shape index (κ3) is 1.96. The summed E-state index contributed by atoms with van der Waals surface area (Å²) in [7, 11) is 0. The highest BCUT2D eigenvalue weighted by atomic mass is 19.4. The summed E-state index contributed by atoms with van der Waals surface area (Å²) in [4.78, 5) is 3.12. The van der Waals surface area contributed by atoms with E-state index in [-0.39, 0.29) is 5.56 Å². The predicted molar refractivity (Wildman–Crippen MR) is 66.8 cm³/mol. The number of H-pyrrole nitrogens is 1. The van der Waals surface area contributed by atoms with Crippen LogP contribution in [0.2, 0.25) is 0 Å². The van der Waals surface area contributed by atoms with E-state index in [1.54, 1.807) is 6.07 Å². The van der Waals surface area contributed by atoms with Crippen LogP contribution in [0.1, 0.15) is 11.7 Å². The molecule has 1 aromatic heterocycles. The smallest absolute Gasteiger partial charge is 0.379 e. The molecule has 0 radical (unpaired) electrons.